The van der Waals surface area contributed by atoms with Crippen LogP contribution in [0.3, 0.4) is 0 Å². The van der Waals surface area contributed by atoms with Crippen LogP contribution in [0.1, 0.15) is 30.7 Å². The van der Waals surface area contributed by atoms with Gasteiger partial charge in [0, 0.05) is 49.2 Å². The summed E-state index contributed by atoms with van der Waals surface area (Å²) in [6.07, 6.45) is 4.05. The van der Waals surface area contributed by atoms with Gasteiger partial charge in [-0.2, -0.15) is 0 Å². The Hall–Kier alpha value is -2.78. The average molecular weight is 483 g/mol. The highest BCUT2D eigenvalue weighted by molar-refractivity contribution is 7.91. The molecule has 3 aromatic rings. The van der Waals surface area contributed by atoms with Crippen molar-refractivity contribution < 1.29 is 17.7 Å². The second-order valence-electron chi connectivity index (χ2n) is 9.40. The first-order valence-electron chi connectivity index (χ1n) is 11.9. The minimum absolute atomic E-state index is 0.0372. The van der Waals surface area contributed by atoms with E-state index in [4.69, 9.17) is 4.52 Å². The summed E-state index contributed by atoms with van der Waals surface area (Å²) in [6, 6.07) is 7.15. The maximum absolute atomic E-state index is 13.8. The van der Waals surface area contributed by atoms with Crippen LogP contribution in [0.2, 0.25) is 0 Å². The normalized spacial score (nSPS) is 21.3. The van der Waals surface area contributed by atoms with Crippen molar-refractivity contribution in [3.8, 4) is 11.1 Å². The van der Waals surface area contributed by atoms with Crippen molar-refractivity contribution in [2.45, 2.75) is 38.0 Å². The van der Waals surface area contributed by atoms with Crippen LogP contribution in [-0.4, -0.2) is 61.3 Å². The number of aromatic nitrogens is 2. The Labute approximate surface area is 199 Å². The topological polar surface area (TPSA) is 105 Å². The molecule has 5 rings (SSSR count). The molecule has 0 bridgehead atoms. The van der Waals surface area contributed by atoms with Gasteiger partial charge >= 0.3 is 0 Å². The Bertz CT molecular complexity index is 1310. The predicted molar refractivity (Wildman–Crippen MR) is 129 cm³/mol. The molecule has 1 N–H and O–H groups in total. The van der Waals surface area contributed by atoms with Gasteiger partial charge < -0.3 is 14.7 Å². The van der Waals surface area contributed by atoms with Crippen LogP contribution < -0.4 is 5.32 Å². The van der Waals surface area contributed by atoms with Crippen molar-refractivity contribution in [2.75, 3.05) is 31.9 Å². The molecular weight excluding hydrogens is 452 g/mol. The van der Waals surface area contributed by atoms with Gasteiger partial charge in [-0.25, -0.2) is 8.42 Å². The first kappa shape index (κ1) is 23.0. The number of carbonyl (C=O) groups excluding carboxylic acids is 1. The van der Waals surface area contributed by atoms with E-state index in [1.54, 1.807) is 24.4 Å². The van der Waals surface area contributed by atoms with Crippen molar-refractivity contribution in [3.05, 3.63) is 41.9 Å². The molecule has 8 nitrogen and oxygen atoms in total. The largest absolute Gasteiger partial charge is 0.361 e. The lowest BCUT2D eigenvalue weighted by Gasteiger charge is -2.31. The highest BCUT2D eigenvalue weighted by atomic mass is 32.2. The van der Waals surface area contributed by atoms with E-state index in [1.165, 1.54) is 0 Å². The number of fused-ring (bicyclic) bond motifs is 1. The minimum Gasteiger partial charge on any atom is -0.361 e. The average Bonchev–Trinajstić information content (AvgIpc) is 3.43. The number of rotatable bonds is 5. The summed E-state index contributed by atoms with van der Waals surface area (Å²) in [7, 11) is -3.68. The lowest BCUT2D eigenvalue weighted by Crippen LogP contribution is -2.49. The van der Waals surface area contributed by atoms with Crippen LogP contribution in [-0.2, 0) is 14.6 Å². The molecule has 1 unspecified atom stereocenters. The SMILES string of the molecule is Cc1noc(C)c1-c1cc(S(=O)(=O)C[C@@H]2CCCC2C(=O)N2CCNCC2)c2cccnc2c1. The number of aryl methyl sites for hydroxylation is 2. The van der Waals surface area contributed by atoms with Crippen LogP contribution in [0.15, 0.2) is 39.9 Å². The molecule has 2 aliphatic rings. The molecule has 0 radical (unpaired) electrons. The van der Waals surface area contributed by atoms with E-state index < -0.39 is 9.84 Å². The number of benzene rings is 1. The zero-order valence-corrected chi connectivity index (χ0v) is 20.4. The molecule has 2 aromatic heterocycles. The van der Waals surface area contributed by atoms with Crippen LogP contribution >= 0.6 is 0 Å². The first-order chi connectivity index (χ1) is 16.3. The highest BCUT2D eigenvalue weighted by Gasteiger charge is 2.39. The zero-order valence-electron chi connectivity index (χ0n) is 19.6. The van der Waals surface area contributed by atoms with E-state index >= 15 is 0 Å². The third kappa shape index (κ3) is 4.22. The fraction of sp³-hybridized carbons (Fsp3) is 0.480. The molecule has 2 atom stereocenters. The molecule has 1 amide bonds. The van der Waals surface area contributed by atoms with E-state index in [0.29, 0.717) is 35.4 Å². The number of carbonyl (C=O) groups is 1. The standard InChI is InChI=1S/C25H30N4O4S/c1-16-24(17(2)33-28-16)19-13-22-21(7-4-8-27-22)23(14-19)34(31,32)15-18-5-3-6-20(18)25(30)29-11-9-26-10-12-29/h4,7-8,13-14,18,20,26H,3,5-6,9-12,15H2,1-2H3/t18-,20?/m0/s1. The molecule has 1 aliphatic carbocycles. The summed E-state index contributed by atoms with van der Waals surface area (Å²) >= 11 is 0. The molecule has 1 saturated carbocycles. The number of hydrogen-bond acceptors (Lipinski definition) is 7. The van der Waals surface area contributed by atoms with Gasteiger partial charge in [0.05, 0.1) is 21.9 Å². The van der Waals surface area contributed by atoms with Crippen LogP contribution in [0.5, 0.6) is 0 Å². The van der Waals surface area contributed by atoms with E-state index in [0.717, 1.165) is 43.5 Å². The molecule has 180 valence electrons. The molecule has 34 heavy (non-hydrogen) atoms. The van der Waals surface area contributed by atoms with E-state index in [9.17, 15) is 13.2 Å². The Kier molecular flexibility index (Phi) is 6.16. The van der Waals surface area contributed by atoms with Gasteiger partial charge in [-0.05, 0) is 62.4 Å². The van der Waals surface area contributed by atoms with Crippen molar-refractivity contribution in [2.24, 2.45) is 11.8 Å². The Balaban J connectivity index is 1.50. The second-order valence-corrected chi connectivity index (χ2v) is 11.4. The van der Waals surface area contributed by atoms with Crippen LogP contribution in [0.25, 0.3) is 22.0 Å². The number of nitrogens with zero attached hydrogens (tertiary/aromatic N) is 3. The molecular formula is C25H30N4O4S. The first-order valence-corrected chi connectivity index (χ1v) is 13.5. The summed E-state index contributed by atoms with van der Waals surface area (Å²) in [5.41, 5.74) is 2.82. The quantitative estimate of drug-likeness (QED) is 0.596. The summed E-state index contributed by atoms with van der Waals surface area (Å²) in [4.78, 5) is 19.8. The van der Waals surface area contributed by atoms with Crippen LogP contribution in [0, 0.1) is 25.7 Å². The van der Waals surface area contributed by atoms with Gasteiger partial charge in [0.15, 0.2) is 9.84 Å². The fourth-order valence-electron chi connectivity index (χ4n) is 5.50. The van der Waals surface area contributed by atoms with Crippen LogP contribution in [0.4, 0.5) is 0 Å². The fourth-order valence-corrected chi connectivity index (χ4v) is 7.45. The van der Waals surface area contributed by atoms with Gasteiger partial charge in [-0.3, -0.25) is 9.78 Å². The second kappa shape index (κ2) is 9.11. The number of piperazine rings is 1. The van der Waals surface area contributed by atoms with E-state index in [-0.39, 0.29) is 28.4 Å². The number of pyridine rings is 1. The van der Waals surface area contributed by atoms with Gasteiger partial charge in [0.25, 0.3) is 0 Å². The smallest absolute Gasteiger partial charge is 0.226 e. The molecule has 9 heteroatoms. The Morgan fingerprint density at radius 1 is 1.21 bits per heavy atom. The monoisotopic (exact) mass is 482 g/mol. The third-order valence-corrected chi connectivity index (χ3v) is 9.05. The lowest BCUT2D eigenvalue weighted by atomic mass is 9.96. The Morgan fingerprint density at radius 2 is 2.00 bits per heavy atom. The van der Waals surface area contributed by atoms with Crippen molar-refractivity contribution >= 4 is 26.6 Å². The Morgan fingerprint density at radius 3 is 2.74 bits per heavy atom. The summed E-state index contributed by atoms with van der Waals surface area (Å²) in [5, 5.41) is 7.89. The maximum atomic E-state index is 13.8. The van der Waals surface area contributed by atoms with Crippen molar-refractivity contribution in [1.82, 2.24) is 20.4 Å². The number of amides is 1. The minimum atomic E-state index is -3.68. The van der Waals surface area contributed by atoms with Gasteiger partial charge in [-0.15, -0.1) is 0 Å². The summed E-state index contributed by atoms with van der Waals surface area (Å²) in [5.74, 6) is 0.290. The lowest BCUT2D eigenvalue weighted by molar-refractivity contribution is -0.137. The van der Waals surface area contributed by atoms with E-state index in [1.807, 2.05) is 24.8 Å². The number of nitrogens with one attached hydrogen (secondary N) is 1. The predicted octanol–water partition coefficient (Wildman–Crippen LogP) is 3.13. The van der Waals surface area contributed by atoms with E-state index in [2.05, 4.69) is 15.5 Å². The van der Waals surface area contributed by atoms with Gasteiger partial charge in [0.1, 0.15) is 5.76 Å². The van der Waals surface area contributed by atoms with Gasteiger partial charge in [0.2, 0.25) is 5.91 Å². The molecule has 1 saturated heterocycles. The molecule has 2 fully saturated rings. The van der Waals surface area contributed by atoms with Gasteiger partial charge in [-0.1, -0.05) is 11.6 Å². The van der Waals surface area contributed by atoms with Crippen molar-refractivity contribution in [3.63, 3.8) is 0 Å². The molecule has 3 heterocycles. The maximum Gasteiger partial charge on any atom is 0.226 e. The summed E-state index contributed by atoms with van der Waals surface area (Å²) in [6.45, 7) is 6.60. The summed E-state index contributed by atoms with van der Waals surface area (Å²) < 4.78 is 33.0. The number of hydrogen-bond donors (Lipinski definition) is 1. The third-order valence-electron chi connectivity index (χ3n) is 7.18. The number of sulfone groups is 1. The molecule has 1 aromatic carbocycles. The molecule has 1 aliphatic heterocycles. The van der Waals surface area contributed by atoms with Crippen molar-refractivity contribution in [1.29, 1.82) is 0 Å². The molecule has 0 spiro atoms. The zero-order chi connectivity index (χ0) is 23.9. The highest BCUT2D eigenvalue weighted by Crippen LogP contribution is 2.38.